The van der Waals surface area contributed by atoms with Gasteiger partial charge in [-0.05, 0) is 44.0 Å². The smallest absolute Gasteiger partial charge is 0.122 e. The van der Waals surface area contributed by atoms with Gasteiger partial charge in [0.25, 0.3) is 0 Å². The molecule has 1 aromatic carbocycles. The molecule has 3 heteroatoms. The van der Waals surface area contributed by atoms with Crippen LogP contribution in [-0.4, -0.2) is 24.6 Å². The van der Waals surface area contributed by atoms with E-state index in [2.05, 4.69) is 36.9 Å². The maximum atomic E-state index is 9.16. The third-order valence-electron chi connectivity index (χ3n) is 3.56. The van der Waals surface area contributed by atoms with Crippen molar-refractivity contribution in [1.29, 1.82) is 5.26 Å². The summed E-state index contributed by atoms with van der Waals surface area (Å²) in [5.41, 5.74) is 1.95. The van der Waals surface area contributed by atoms with Crippen molar-refractivity contribution in [2.24, 2.45) is 0 Å². The molecule has 3 nitrogen and oxygen atoms in total. The van der Waals surface area contributed by atoms with Crippen LogP contribution >= 0.6 is 0 Å². The summed E-state index contributed by atoms with van der Waals surface area (Å²) >= 11 is 0. The summed E-state index contributed by atoms with van der Waals surface area (Å²) in [7, 11) is 3.67. The van der Waals surface area contributed by atoms with E-state index in [4.69, 9.17) is 10.00 Å². The quantitative estimate of drug-likeness (QED) is 0.812. The topological polar surface area (TPSA) is 36.3 Å². The average Bonchev–Trinajstić information content (AvgIpc) is 2.38. The van der Waals surface area contributed by atoms with Crippen LogP contribution in [0.25, 0.3) is 0 Å². The lowest BCUT2D eigenvalue weighted by atomic mass is 9.98. The Morgan fingerprint density at radius 2 is 2.00 bits per heavy atom. The van der Waals surface area contributed by atoms with Crippen LogP contribution in [-0.2, 0) is 6.54 Å². The zero-order chi connectivity index (χ0) is 14.6. The van der Waals surface area contributed by atoms with Gasteiger partial charge in [-0.25, -0.2) is 0 Å². The largest absolute Gasteiger partial charge is 0.496 e. The van der Waals surface area contributed by atoms with Crippen molar-refractivity contribution < 1.29 is 4.74 Å². The summed E-state index contributed by atoms with van der Waals surface area (Å²) in [4.78, 5) is 2.05. The molecule has 0 saturated carbocycles. The Labute approximate surface area is 116 Å². The van der Waals surface area contributed by atoms with Crippen LogP contribution < -0.4 is 4.74 Å². The Bertz CT molecular complexity index is 472. The van der Waals surface area contributed by atoms with Gasteiger partial charge >= 0.3 is 0 Å². The highest BCUT2D eigenvalue weighted by Gasteiger charge is 2.23. The van der Waals surface area contributed by atoms with E-state index in [1.807, 2.05) is 27.0 Å². The molecule has 0 aliphatic heterocycles. The van der Waals surface area contributed by atoms with Crippen molar-refractivity contribution in [3.05, 3.63) is 29.3 Å². The van der Waals surface area contributed by atoms with Gasteiger partial charge in [0.2, 0.25) is 0 Å². The molecule has 0 fully saturated rings. The summed E-state index contributed by atoms with van der Waals surface area (Å²) in [6.07, 6.45) is 0. The van der Waals surface area contributed by atoms with Gasteiger partial charge in [-0.1, -0.05) is 26.0 Å². The summed E-state index contributed by atoms with van der Waals surface area (Å²) in [6, 6.07) is 8.57. The maximum Gasteiger partial charge on any atom is 0.122 e. The van der Waals surface area contributed by atoms with E-state index in [-0.39, 0.29) is 0 Å². The molecule has 0 aromatic heterocycles. The molecule has 0 bridgehead atoms. The van der Waals surface area contributed by atoms with Crippen LogP contribution in [0.1, 0.15) is 44.7 Å². The van der Waals surface area contributed by atoms with E-state index in [9.17, 15) is 0 Å². The Balaban J connectivity index is 2.98. The monoisotopic (exact) mass is 260 g/mol. The molecule has 0 heterocycles. The zero-order valence-electron chi connectivity index (χ0n) is 12.8. The number of methoxy groups -OCH3 is 1. The standard InChI is InChI=1S/C16H24N2O/c1-12(2)14-9-13(7-8-15(14)19-6)10-18(5)16(3,4)11-17/h7-9,12H,10H2,1-6H3. The first-order valence-electron chi connectivity index (χ1n) is 6.61. The highest BCUT2D eigenvalue weighted by Crippen LogP contribution is 2.28. The molecule has 0 atom stereocenters. The molecule has 104 valence electrons. The number of nitrogens with zero attached hydrogens (tertiary/aromatic N) is 2. The third-order valence-corrected chi connectivity index (χ3v) is 3.56. The Morgan fingerprint density at radius 3 is 2.47 bits per heavy atom. The fourth-order valence-corrected chi connectivity index (χ4v) is 1.89. The minimum absolute atomic E-state index is 0.421. The highest BCUT2D eigenvalue weighted by atomic mass is 16.5. The molecule has 1 rings (SSSR count). The van der Waals surface area contributed by atoms with Gasteiger partial charge in [0.05, 0.1) is 13.2 Å². The fourth-order valence-electron chi connectivity index (χ4n) is 1.89. The van der Waals surface area contributed by atoms with Crippen LogP contribution in [0.4, 0.5) is 0 Å². The van der Waals surface area contributed by atoms with Crippen molar-refractivity contribution in [2.45, 2.75) is 45.7 Å². The molecule has 1 aromatic rings. The zero-order valence-corrected chi connectivity index (χ0v) is 12.8. The van der Waals surface area contributed by atoms with Gasteiger partial charge in [0.1, 0.15) is 11.3 Å². The second-order valence-electron chi connectivity index (χ2n) is 5.76. The molecular weight excluding hydrogens is 236 g/mol. The van der Waals surface area contributed by atoms with E-state index < -0.39 is 5.54 Å². The van der Waals surface area contributed by atoms with Crippen LogP contribution in [0.2, 0.25) is 0 Å². The van der Waals surface area contributed by atoms with Crippen LogP contribution in [0.3, 0.4) is 0 Å². The second-order valence-corrected chi connectivity index (χ2v) is 5.76. The first kappa shape index (κ1) is 15.5. The van der Waals surface area contributed by atoms with E-state index in [1.165, 1.54) is 11.1 Å². The van der Waals surface area contributed by atoms with Crippen LogP contribution in [0, 0.1) is 11.3 Å². The minimum Gasteiger partial charge on any atom is -0.496 e. The predicted molar refractivity (Wildman–Crippen MR) is 78.2 cm³/mol. The molecule has 0 saturated heterocycles. The normalized spacial score (nSPS) is 11.7. The number of rotatable bonds is 5. The molecule has 0 amide bonds. The molecule has 0 spiro atoms. The van der Waals surface area contributed by atoms with E-state index in [0.29, 0.717) is 5.92 Å². The fraction of sp³-hybridized carbons (Fsp3) is 0.562. The number of benzene rings is 1. The number of ether oxygens (including phenoxy) is 1. The summed E-state index contributed by atoms with van der Waals surface area (Å²) < 4.78 is 5.39. The molecular formula is C16H24N2O. The van der Waals surface area contributed by atoms with Gasteiger partial charge < -0.3 is 4.74 Å². The minimum atomic E-state index is -0.460. The first-order chi connectivity index (χ1) is 8.81. The van der Waals surface area contributed by atoms with Gasteiger partial charge in [-0.2, -0.15) is 5.26 Å². The Morgan fingerprint density at radius 1 is 1.37 bits per heavy atom. The predicted octanol–water partition coefficient (Wildman–Crippen LogP) is 3.55. The van der Waals surface area contributed by atoms with Gasteiger partial charge in [-0.15, -0.1) is 0 Å². The summed E-state index contributed by atoms with van der Waals surface area (Å²) in [6.45, 7) is 8.93. The first-order valence-corrected chi connectivity index (χ1v) is 6.61. The Kier molecular flexibility index (Phi) is 4.97. The number of nitriles is 1. The van der Waals surface area contributed by atoms with Crippen molar-refractivity contribution in [1.82, 2.24) is 4.90 Å². The van der Waals surface area contributed by atoms with Crippen LogP contribution in [0.5, 0.6) is 5.75 Å². The maximum absolute atomic E-state index is 9.16. The van der Waals surface area contributed by atoms with Crippen molar-refractivity contribution >= 4 is 0 Å². The SMILES string of the molecule is COc1ccc(CN(C)C(C)(C)C#N)cc1C(C)C. The van der Waals surface area contributed by atoms with Gasteiger partial charge in [0.15, 0.2) is 0 Å². The molecule has 0 unspecified atom stereocenters. The lowest BCUT2D eigenvalue weighted by molar-refractivity contribution is 0.203. The molecule has 0 radical (unpaired) electrons. The second kappa shape index (κ2) is 6.08. The van der Waals surface area contributed by atoms with Crippen molar-refractivity contribution in [2.75, 3.05) is 14.2 Å². The van der Waals surface area contributed by atoms with Crippen LogP contribution in [0.15, 0.2) is 18.2 Å². The summed E-state index contributed by atoms with van der Waals surface area (Å²) in [5, 5.41) is 9.16. The van der Waals surface area contributed by atoms with Gasteiger partial charge in [0, 0.05) is 6.54 Å². The Hall–Kier alpha value is -1.53. The van der Waals surface area contributed by atoms with Crippen molar-refractivity contribution in [3.8, 4) is 11.8 Å². The number of hydrogen-bond donors (Lipinski definition) is 0. The lowest BCUT2D eigenvalue weighted by Crippen LogP contribution is -2.39. The van der Waals surface area contributed by atoms with Crippen molar-refractivity contribution in [3.63, 3.8) is 0 Å². The highest BCUT2D eigenvalue weighted by molar-refractivity contribution is 5.39. The summed E-state index contributed by atoms with van der Waals surface area (Å²) in [5.74, 6) is 1.35. The number of hydrogen-bond acceptors (Lipinski definition) is 3. The molecule has 0 aliphatic rings. The lowest BCUT2D eigenvalue weighted by Gasteiger charge is -2.29. The van der Waals surface area contributed by atoms with Gasteiger partial charge in [-0.3, -0.25) is 4.90 Å². The van der Waals surface area contributed by atoms with E-state index in [0.717, 1.165) is 12.3 Å². The third kappa shape index (κ3) is 3.71. The molecule has 19 heavy (non-hydrogen) atoms. The molecule has 0 N–H and O–H groups in total. The molecule has 0 aliphatic carbocycles. The van der Waals surface area contributed by atoms with E-state index in [1.54, 1.807) is 7.11 Å². The van der Waals surface area contributed by atoms with E-state index >= 15 is 0 Å². The average molecular weight is 260 g/mol.